The van der Waals surface area contributed by atoms with Gasteiger partial charge < -0.3 is 39.1 Å². The summed E-state index contributed by atoms with van der Waals surface area (Å²) in [5, 5.41) is 5.61. The summed E-state index contributed by atoms with van der Waals surface area (Å²) in [4.78, 5) is 25.2. The van der Waals surface area contributed by atoms with E-state index in [-0.39, 0.29) is 51.3 Å². The van der Waals surface area contributed by atoms with Crippen LogP contribution in [0.25, 0.3) is 0 Å². The molecule has 0 aromatic heterocycles. The van der Waals surface area contributed by atoms with Crippen molar-refractivity contribution in [3.63, 3.8) is 0 Å². The molecule has 0 saturated carbocycles. The Labute approximate surface area is 256 Å². The lowest BCUT2D eigenvalue weighted by molar-refractivity contribution is 0.0946. The third-order valence-corrected chi connectivity index (χ3v) is 5.93. The van der Waals surface area contributed by atoms with Crippen molar-refractivity contribution in [3.8, 4) is 46.7 Å². The largest absolute Gasteiger partial charge is 0.492 e. The number of hydrogen-bond acceptors (Lipinski definition) is 8. The van der Waals surface area contributed by atoms with Crippen molar-refractivity contribution in [2.75, 3.05) is 65.9 Å². The maximum absolute atomic E-state index is 12.6. The number of benzene rings is 3. The molecular formula is C34H34N2O8. The van der Waals surface area contributed by atoms with Gasteiger partial charge in [0.25, 0.3) is 11.8 Å². The molecule has 0 spiro atoms. The van der Waals surface area contributed by atoms with Crippen LogP contribution < -0.4 is 29.6 Å². The first-order valence-electron chi connectivity index (χ1n) is 14.2. The predicted molar refractivity (Wildman–Crippen MR) is 163 cm³/mol. The Hall–Kier alpha value is -5.16. The number of rotatable bonds is 0. The molecule has 10 heteroatoms. The van der Waals surface area contributed by atoms with Gasteiger partial charge in [-0.2, -0.15) is 0 Å². The molecule has 0 atom stereocenters. The summed E-state index contributed by atoms with van der Waals surface area (Å²) in [5.74, 6) is 13.1. The second-order valence-corrected chi connectivity index (χ2v) is 9.14. The highest BCUT2D eigenvalue weighted by Crippen LogP contribution is 2.18. The first-order chi connectivity index (χ1) is 21.7. The van der Waals surface area contributed by atoms with Gasteiger partial charge in [0.15, 0.2) is 0 Å². The van der Waals surface area contributed by atoms with Crippen molar-refractivity contribution in [2.45, 2.75) is 0 Å². The molecule has 0 fully saturated rings. The molecule has 4 aliphatic heterocycles. The van der Waals surface area contributed by atoms with E-state index in [2.05, 4.69) is 34.3 Å². The molecule has 4 heterocycles. The number of carbonyl (C=O) groups is 2. The van der Waals surface area contributed by atoms with Crippen LogP contribution in [0, 0.1) is 23.7 Å². The van der Waals surface area contributed by atoms with Crippen LogP contribution in [0.15, 0.2) is 72.8 Å². The smallest absolute Gasteiger partial charge is 0.251 e. The van der Waals surface area contributed by atoms with Gasteiger partial charge >= 0.3 is 0 Å². The molecule has 6 bridgehead atoms. The van der Waals surface area contributed by atoms with E-state index >= 15 is 0 Å². The van der Waals surface area contributed by atoms with E-state index in [1.54, 1.807) is 72.8 Å². The molecule has 0 saturated heterocycles. The Bertz CT molecular complexity index is 1360. The van der Waals surface area contributed by atoms with E-state index in [0.717, 1.165) is 0 Å². The lowest BCUT2D eigenvalue weighted by Crippen LogP contribution is -2.30. The second kappa shape index (κ2) is 18.4. The fraction of sp³-hybridized carbons (Fsp3) is 0.294. The highest BCUT2D eigenvalue weighted by molar-refractivity contribution is 5.99. The topological polar surface area (TPSA) is 114 Å². The normalized spacial score (nSPS) is 15.8. The van der Waals surface area contributed by atoms with Crippen LogP contribution in [0.2, 0.25) is 0 Å². The van der Waals surface area contributed by atoms with Crippen molar-refractivity contribution < 1.29 is 38.0 Å². The van der Waals surface area contributed by atoms with Gasteiger partial charge in [0.05, 0.1) is 26.3 Å². The molecule has 7 rings (SSSR count). The highest BCUT2D eigenvalue weighted by Gasteiger charge is 2.10. The monoisotopic (exact) mass is 598 g/mol. The zero-order chi connectivity index (χ0) is 30.7. The standard InChI is InChI=1S/C34H34N2O8/c37-33-27-6-5-7-28(26-27)34(38)36-17-21-42-30-10-14-32(15-11-30)44-25-23-40-19-4-2-1-3-18-39-22-24-43-31-12-8-29(9-13-31)41-20-16-35-33/h5-15,26H,16-25H2,(H,35,37)(H,36,38). The number of nitrogens with one attached hydrogen (secondary N) is 2. The molecule has 3 aromatic rings. The summed E-state index contributed by atoms with van der Waals surface area (Å²) >= 11 is 0. The van der Waals surface area contributed by atoms with Crippen molar-refractivity contribution in [1.82, 2.24) is 10.6 Å². The SMILES string of the molecule is O=C1NCCOc2ccc(cc2)OCCOCC#CC#CCOCCOc2ccc(cc2)OCCNC(=O)c2cccc1c2. The maximum atomic E-state index is 12.6. The molecule has 44 heavy (non-hydrogen) atoms. The Morgan fingerprint density at radius 2 is 0.886 bits per heavy atom. The molecule has 228 valence electrons. The molecule has 10 nitrogen and oxygen atoms in total. The van der Waals surface area contributed by atoms with Crippen LogP contribution >= 0.6 is 0 Å². The molecule has 2 amide bonds. The average molecular weight is 599 g/mol. The molecule has 4 aliphatic rings. The van der Waals surface area contributed by atoms with Crippen molar-refractivity contribution >= 4 is 11.8 Å². The zero-order valence-electron chi connectivity index (χ0n) is 24.3. The minimum absolute atomic E-state index is 0.250. The summed E-state index contributed by atoms with van der Waals surface area (Å²) in [7, 11) is 0. The van der Waals surface area contributed by atoms with Crippen LogP contribution in [0.4, 0.5) is 0 Å². The third-order valence-electron chi connectivity index (χ3n) is 5.93. The maximum Gasteiger partial charge on any atom is 0.251 e. The van der Waals surface area contributed by atoms with Crippen LogP contribution in [0.3, 0.4) is 0 Å². The van der Waals surface area contributed by atoms with E-state index in [1.165, 1.54) is 0 Å². The molecule has 0 aliphatic carbocycles. The zero-order valence-corrected chi connectivity index (χ0v) is 24.3. The summed E-state index contributed by atoms with van der Waals surface area (Å²) in [5.41, 5.74) is 0.753. The summed E-state index contributed by atoms with van der Waals surface area (Å²) in [6.45, 7) is 3.13. The van der Waals surface area contributed by atoms with Crippen LogP contribution in [-0.2, 0) is 9.47 Å². The van der Waals surface area contributed by atoms with Gasteiger partial charge in [-0.15, -0.1) is 0 Å². The van der Waals surface area contributed by atoms with Gasteiger partial charge in [0, 0.05) is 11.1 Å². The van der Waals surface area contributed by atoms with Gasteiger partial charge in [-0.1, -0.05) is 17.9 Å². The lowest BCUT2D eigenvalue weighted by atomic mass is 10.1. The molecule has 0 unspecified atom stereocenters. The second-order valence-electron chi connectivity index (χ2n) is 9.14. The number of amides is 2. The predicted octanol–water partition coefficient (Wildman–Crippen LogP) is 3.12. The molecular weight excluding hydrogens is 564 g/mol. The van der Waals surface area contributed by atoms with E-state index in [4.69, 9.17) is 28.4 Å². The molecule has 3 aromatic carbocycles. The fourth-order valence-corrected chi connectivity index (χ4v) is 3.78. The average Bonchev–Trinajstić information content (AvgIpc) is 3.06. The lowest BCUT2D eigenvalue weighted by Gasteiger charge is -2.11. The number of hydrogen-bond donors (Lipinski definition) is 2. The van der Waals surface area contributed by atoms with Crippen LogP contribution in [0.1, 0.15) is 20.7 Å². The minimum Gasteiger partial charge on any atom is -0.492 e. The van der Waals surface area contributed by atoms with Gasteiger partial charge in [-0.3, -0.25) is 9.59 Å². The van der Waals surface area contributed by atoms with E-state index in [0.29, 0.717) is 60.6 Å². The van der Waals surface area contributed by atoms with Gasteiger partial charge in [0.2, 0.25) is 0 Å². The fourth-order valence-electron chi connectivity index (χ4n) is 3.78. The Morgan fingerprint density at radius 3 is 1.30 bits per heavy atom. The van der Waals surface area contributed by atoms with E-state index in [9.17, 15) is 9.59 Å². The van der Waals surface area contributed by atoms with Gasteiger partial charge in [-0.05, 0) is 78.6 Å². The quantitative estimate of drug-likeness (QED) is 0.380. The Kier molecular flexibility index (Phi) is 13.3. The number of ether oxygens (including phenoxy) is 6. The first kappa shape index (κ1) is 31.8. The minimum atomic E-state index is -0.302. The van der Waals surface area contributed by atoms with Crippen LogP contribution in [0.5, 0.6) is 23.0 Å². The van der Waals surface area contributed by atoms with Crippen molar-refractivity contribution in [3.05, 3.63) is 83.9 Å². The van der Waals surface area contributed by atoms with Crippen molar-refractivity contribution in [2.24, 2.45) is 0 Å². The van der Waals surface area contributed by atoms with Gasteiger partial charge in [0.1, 0.15) is 62.6 Å². The summed E-state index contributed by atoms with van der Waals surface area (Å²) < 4.78 is 33.6. The summed E-state index contributed by atoms with van der Waals surface area (Å²) in [6.07, 6.45) is 0. The molecule has 2 N–H and O–H groups in total. The highest BCUT2D eigenvalue weighted by atomic mass is 16.5. The Balaban J connectivity index is 1.29. The van der Waals surface area contributed by atoms with Crippen LogP contribution in [-0.4, -0.2) is 77.8 Å². The van der Waals surface area contributed by atoms with Crippen molar-refractivity contribution in [1.29, 1.82) is 0 Å². The molecule has 0 radical (unpaired) electrons. The first-order valence-corrected chi connectivity index (χ1v) is 14.2. The van der Waals surface area contributed by atoms with E-state index < -0.39 is 0 Å². The third kappa shape index (κ3) is 11.6. The van der Waals surface area contributed by atoms with Gasteiger partial charge in [-0.25, -0.2) is 0 Å². The number of carbonyl (C=O) groups excluding carboxylic acids is 2. The summed E-state index contributed by atoms with van der Waals surface area (Å²) in [6, 6.07) is 20.8. The van der Waals surface area contributed by atoms with E-state index in [1.807, 2.05) is 0 Å². The Morgan fingerprint density at radius 1 is 0.500 bits per heavy atom.